The van der Waals surface area contributed by atoms with Crippen molar-refractivity contribution in [2.24, 2.45) is 0 Å². The van der Waals surface area contributed by atoms with Crippen LogP contribution < -0.4 is 5.32 Å². The van der Waals surface area contributed by atoms with Crippen LogP contribution in [0.4, 0.5) is 0 Å². The smallest absolute Gasteiger partial charge is 0.110 e. The van der Waals surface area contributed by atoms with Crippen molar-refractivity contribution in [1.82, 2.24) is 19.8 Å². The summed E-state index contributed by atoms with van der Waals surface area (Å²) >= 11 is 0. The van der Waals surface area contributed by atoms with Crippen LogP contribution in [0.1, 0.15) is 33.0 Å². The summed E-state index contributed by atoms with van der Waals surface area (Å²) < 4.78 is 7.75. The molecule has 5 heteroatoms. The van der Waals surface area contributed by atoms with Gasteiger partial charge in [0.25, 0.3) is 0 Å². The summed E-state index contributed by atoms with van der Waals surface area (Å²) in [6.07, 6.45) is 6.05. The first-order chi connectivity index (χ1) is 10.2. The summed E-state index contributed by atoms with van der Waals surface area (Å²) in [6, 6.07) is 0.383. The minimum absolute atomic E-state index is 0.128. The predicted molar refractivity (Wildman–Crippen MR) is 85.5 cm³/mol. The Bertz CT molecular complexity index is 428. The molecule has 21 heavy (non-hydrogen) atoms. The molecule has 1 aromatic rings. The quantitative estimate of drug-likeness (QED) is 0.828. The number of rotatable bonds is 7. The Labute approximate surface area is 128 Å². The van der Waals surface area contributed by atoms with E-state index in [0.717, 1.165) is 45.7 Å². The van der Waals surface area contributed by atoms with Gasteiger partial charge in [0.2, 0.25) is 0 Å². The number of likely N-dealkylation sites (N-methyl/N-ethyl adjacent to an activating group) is 1. The number of aromatic nitrogens is 2. The average molecular weight is 294 g/mol. The number of imidazole rings is 1. The molecule has 1 aromatic heterocycles. The van der Waals surface area contributed by atoms with Gasteiger partial charge in [-0.05, 0) is 27.3 Å². The molecule has 0 aliphatic carbocycles. The van der Waals surface area contributed by atoms with Crippen LogP contribution in [0.2, 0.25) is 0 Å². The normalized spacial score (nSPS) is 21.1. The van der Waals surface area contributed by atoms with Gasteiger partial charge in [-0.1, -0.05) is 6.92 Å². The van der Waals surface area contributed by atoms with E-state index in [2.05, 4.69) is 53.8 Å². The molecule has 0 aromatic carbocycles. The zero-order chi connectivity index (χ0) is 15.3. The van der Waals surface area contributed by atoms with Gasteiger partial charge in [-0.2, -0.15) is 0 Å². The van der Waals surface area contributed by atoms with E-state index in [1.54, 1.807) is 0 Å². The lowest BCUT2D eigenvalue weighted by Crippen LogP contribution is -2.62. The highest BCUT2D eigenvalue weighted by Gasteiger charge is 2.38. The number of morpholine rings is 1. The summed E-state index contributed by atoms with van der Waals surface area (Å²) in [7, 11) is 2.07. The largest absolute Gasteiger partial charge is 0.379 e. The van der Waals surface area contributed by atoms with Gasteiger partial charge in [-0.3, -0.25) is 4.90 Å². The summed E-state index contributed by atoms with van der Waals surface area (Å²) in [5.41, 5.74) is 0.128. The van der Waals surface area contributed by atoms with E-state index in [0.29, 0.717) is 6.04 Å². The third-order valence-electron chi connectivity index (χ3n) is 5.08. The topological polar surface area (TPSA) is 42.3 Å². The fraction of sp³-hybridized carbons (Fsp3) is 0.812. The summed E-state index contributed by atoms with van der Waals surface area (Å²) in [6.45, 7) is 11.5. The Morgan fingerprint density at radius 3 is 2.67 bits per heavy atom. The Morgan fingerprint density at radius 2 is 2.10 bits per heavy atom. The molecule has 1 saturated heterocycles. The Kier molecular flexibility index (Phi) is 5.79. The van der Waals surface area contributed by atoms with Gasteiger partial charge in [0.05, 0.1) is 13.2 Å². The highest BCUT2D eigenvalue weighted by molar-refractivity contribution is 5.04. The van der Waals surface area contributed by atoms with Gasteiger partial charge in [-0.25, -0.2) is 4.98 Å². The molecule has 120 valence electrons. The second-order valence-corrected chi connectivity index (χ2v) is 5.99. The van der Waals surface area contributed by atoms with Gasteiger partial charge in [0, 0.05) is 50.0 Å². The molecule has 1 N–H and O–H groups in total. The van der Waals surface area contributed by atoms with Crippen LogP contribution in [0.3, 0.4) is 0 Å². The van der Waals surface area contributed by atoms with Crippen LogP contribution in [0, 0.1) is 0 Å². The molecule has 2 unspecified atom stereocenters. The van der Waals surface area contributed by atoms with E-state index < -0.39 is 0 Å². The van der Waals surface area contributed by atoms with Crippen molar-refractivity contribution in [2.45, 2.75) is 51.7 Å². The van der Waals surface area contributed by atoms with Crippen molar-refractivity contribution in [1.29, 1.82) is 0 Å². The van der Waals surface area contributed by atoms with Gasteiger partial charge < -0.3 is 14.6 Å². The minimum atomic E-state index is 0.128. The molecule has 0 radical (unpaired) electrons. The Morgan fingerprint density at radius 1 is 1.38 bits per heavy atom. The van der Waals surface area contributed by atoms with Crippen LogP contribution >= 0.6 is 0 Å². The van der Waals surface area contributed by atoms with E-state index in [1.807, 2.05) is 6.20 Å². The lowest BCUT2D eigenvalue weighted by atomic mass is 9.84. The van der Waals surface area contributed by atoms with Crippen molar-refractivity contribution < 1.29 is 4.74 Å². The molecule has 0 bridgehead atoms. The maximum Gasteiger partial charge on any atom is 0.110 e. The first-order valence-electron chi connectivity index (χ1n) is 8.15. The number of nitrogens with zero attached hydrogens (tertiary/aromatic N) is 3. The zero-order valence-electron chi connectivity index (χ0n) is 13.9. The van der Waals surface area contributed by atoms with Crippen molar-refractivity contribution in [3.63, 3.8) is 0 Å². The highest BCUT2D eigenvalue weighted by atomic mass is 16.5. The minimum Gasteiger partial charge on any atom is -0.379 e. The van der Waals surface area contributed by atoms with E-state index in [4.69, 9.17) is 4.74 Å². The third kappa shape index (κ3) is 3.47. The number of hydrogen-bond donors (Lipinski definition) is 1. The molecular formula is C16H30N4O. The van der Waals surface area contributed by atoms with Crippen molar-refractivity contribution in [3.8, 4) is 0 Å². The van der Waals surface area contributed by atoms with Crippen LogP contribution in [-0.4, -0.2) is 59.4 Å². The first kappa shape index (κ1) is 16.5. The Balaban J connectivity index is 2.16. The molecule has 0 amide bonds. The van der Waals surface area contributed by atoms with Crippen molar-refractivity contribution in [3.05, 3.63) is 18.2 Å². The average Bonchev–Trinajstić information content (AvgIpc) is 3.00. The summed E-state index contributed by atoms with van der Waals surface area (Å²) in [4.78, 5) is 7.13. The molecule has 1 aliphatic rings. The summed E-state index contributed by atoms with van der Waals surface area (Å²) in [5.74, 6) is 1.17. The SMILES string of the molecule is CCn1ccnc1CC(NC)C(C)(CC)N1CCOCC1. The standard InChI is InChI=1S/C16H30N4O/c1-5-16(3,20-9-11-21-12-10-20)14(17-4)13-15-18-7-8-19(15)6-2/h7-8,14,17H,5-6,9-13H2,1-4H3. The monoisotopic (exact) mass is 294 g/mol. The second-order valence-electron chi connectivity index (χ2n) is 5.99. The maximum atomic E-state index is 5.52. The molecule has 0 saturated carbocycles. The predicted octanol–water partition coefficient (Wildman–Crippen LogP) is 1.53. The molecule has 5 nitrogen and oxygen atoms in total. The third-order valence-corrected chi connectivity index (χ3v) is 5.08. The van der Waals surface area contributed by atoms with Gasteiger partial charge in [0.1, 0.15) is 5.82 Å². The first-order valence-corrected chi connectivity index (χ1v) is 8.15. The van der Waals surface area contributed by atoms with E-state index >= 15 is 0 Å². The fourth-order valence-electron chi connectivity index (χ4n) is 3.40. The molecular weight excluding hydrogens is 264 g/mol. The second kappa shape index (κ2) is 7.38. The number of aryl methyl sites for hydroxylation is 1. The lowest BCUT2D eigenvalue weighted by molar-refractivity contribution is -0.0316. The van der Waals surface area contributed by atoms with Crippen LogP contribution in [-0.2, 0) is 17.7 Å². The van der Waals surface area contributed by atoms with Crippen LogP contribution in [0.15, 0.2) is 12.4 Å². The highest BCUT2D eigenvalue weighted by Crippen LogP contribution is 2.26. The van der Waals surface area contributed by atoms with Crippen molar-refractivity contribution in [2.75, 3.05) is 33.4 Å². The summed E-state index contributed by atoms with van der Waals surface area (Å²) in [5, 5.41) is 3.54. The number of ether oxygens (including phenoxy) is 1. The van der Waals surface area contributed by atoms with E-state index in [9.17, 15) is 0 Å². The fourth-order valence-corrected chi connectivity index (χ4v) is 3.40. The lowest BCUT2D eigenvalue weighted by Gasteiger charge is -2.47. The van der Waals surface area contributed by atoms with Gasteiger partial charge >= 0.3 is 0 Å². The van der Waals surface area contributed by atoms with Crippen LogP contribution in [0.5, 0.6) is 0 Å². The van der Waals surface area contributed by atoms with Crippen molar-refractivity contribution >= 4 is 0 Å². The molecule has 0 spiro atoms. The van der Waals surface area contributed by atoms with Crippen LogP contribution in [0.25, 0.3) is 0 Å². The van der Waals surface area contributed by atoms with Gasteiger partial charge in [0.15, 0.2) is 0 Å². The number of hydrogen-bond acceptors (Lipinski definition) is 4. The molecule has 2 rings (SSSR count). The molecule has 1 fully saturated rings. The molecule has 2 heterocycles. The van der Waals surface area contributed by atoms with E-state index in [-0.39, 0.29) is 5.54 Å². The molecule has 2 atom stereocenters. The molecule has 1 aliphatic heterocycles. The zero-order valence-corrected chi connectivity index (χ0v) is 13.9. The van der Waals surface area contributed by atoms with Gasteiger partial charge in [-0.15, -0.1) is 0 Å². The maximum absolute atomic E-state index is 5.52. The van der Waals surface area contributed by atoms with E-state index in [1.165, 1.54) is 5.82 Å². The Hall–Kier alpha value is -0.910. The number of nitrogens with one attached hydrogen (secondary N) is 1.